The van der Waals surface area contributed by atoms with Gasteiger partial charge in [0.05, 0.1) is 0 Å². The number of benzene rings is 4. The van der Waals surface area contributed by atoms with Gasteiger partial charge < -0.3 is 4.57 Å². The Labute approximate surface area is 171 Å². The smallest absolute Gasteiger partial charge is 0.0494 e. The van der Waals surface area contributed by atoms with Crippen molar-refractivity contribution in [2.45, 2.75) is 26.3 Å². The van der Waals surface area contributed by atoms with Crippen LogP contribution >= 0.6 is 0 Å². The van der Waals surface area contributed by atoms with Crippen molar-refractivity contribution in [3.05, 3.63) is 107 Å². The van der Waals surface area contributed by atoms with Crippen LogP contribution in [0.15, 0.2) is 84.9 Å². The van der Waals surface area contributed by atoms with Gasteiger partial charge in [-0.15, -0.1) is 0 Å². The Morgan fingerprint density at radius 2 is 1.34 bits per heavy atom. The molecule has 1 aliphatic carbocycles. The third-order valence-corrected chi connectivity index (χ3v) is 6.53. The molecule has 0 saturated carbocycles. The predicted octanol–water partition coefficient (Wildman–Crippen LogP) is 6.98. The molecule has 0 unspecified atom stereocenters. The highest BCUT2D eigenvalue weighted by atomic mass is 15.0. The van der Waals surface area contributed by atoms with Crippen LogP contribution in [0.4, 0.5) is 0 Å². The van der Waals surface area contributed by atoms with Gasteiger partial charge in [0.2, 0.25) is 0 Å². The first-order chi connectivity index (χ1) is 14.3. The highest BCUT2D eigenvalue weighted by molar-refractivity contribution is 6.08. The van der Waals surface area contributed by atoms with E-state index >= 15 is 0 Å². The lowest BCUT2D eigenvalue weighted by Crippen LogP contribution is -2.04. The molecule has 0 bridgehead atoms. The maximum absolute atomic E-state index is 2.49. The number of aromatic nitrogens is 1. The summed E-state index contributed by atoms with van der Waals surface area (Å²) in [5.74, 6) is 0. The maximum atomic E-state index is 2.49. The second kappa shape index (κ2) is 6.35. The summed E-state index contributed by atoms with van der Waals surface area (Å²) in [6.07, 6.45) is 2.12. The molecule has 1 nitrogen and oxygen atoms in total. The first-order valence-corrected chi connectivity index (χ1v) is 10.5. The van der Waals surface area contributed by atoms with Gasteiger partial charge in [-0.05, 0) is 58.4 Å². The highest BCUT2D eigenvalue weighted by Gasteiger charge is 2.22. The Morgan fingerprint density at radius 1 is 0.690 bits per heavy atom. The van der Waals surface area contributed by atoms with Crippen LogP contribution in [0.1, 0.15) is 29.2 Å². The first kappa shape index (κ1) is 16.6. The number of para-hydroxylation sites is 2. The molecule has 0 fully saturated rings. The van der Waals surface area contributed by atoms with Crippen LogP contribution in [0, 0.1) is 0 Å². The zero-order valence-corrected chi connectivity index (χ0v) is 16.7. The van der Waals surface area contributed by atoms with Crippen molar-refractivity contribution in [1.82, 2.24) is 4.57 Å². The van der Waals surface area contributed by atoms with Crippen LogP contribution in [-0.2, 0) is 19.4 Å². The van der Waals surface area contributed by atoms with E-state index in [9.17, 15) is 0 Å². The number of rotatable bonds is 3. The van der Waals surface area contributed by atoms with Gasteiger partial charge in [0.15, 0.2) is 0 Å². The molecule has 1 heteroatoms. The fraction of sp³-hybridized carbons (Fsp3) is 0.143. The van der Waals surface area contributed by atoms with Crippen molar-refractivity contribution >= 4 is 21.8 Å². The normalized spacial score (nSPS) is 12.4. The first-order valence-electron chi connectivity index (χ1n) is 10.5. The van der Waals surface area contributed by atoms with E-state index in [1.807, 2.05) is 0 Å². The van der Waals surface area contributed by atoms with Crippen LogP contribution in [-0.4, -0.2) is 4.57 Å². The van der Waals surface area contributed by atoms with Gasteiger partial charge in [-0.1, -0.05) is 79.7 Å². The summed E-state index contributed by atoms with van der Waals surface area (Å²) in [6, 6.07) is 31.2. The zero-order valence-electron chi connectivity index (χ0n) is 16.7. The number of fused-ring (bicyclic) bond motifs is 6. The average molecular weight is 373 g/mol. The van der Waals surface area contributed by atoms with Crippen molar-refractivity contribution in [3.63, 3.8) is 0 Å². The van der Waals surface area contributed by atoms with Gasteiger partial charge >= 0.3 is 0 Å². The molecule has 5 aromatic rings. The minimum absolute atomic E-state index is 0.909. The lowest BCUT2D eigenvalue weighted by Gasteiger charge is -2.16. The van der Waals surface area contributed by atoms with Crippen molar-refractivity contribution in [2.75, 3.05) is 0 Å². The summed E-state index contributed by atoms with van der Waals surface area (Å²) in [4.78, 5) is 0. The molecule has 0 spiro atoms. The Bertz CT molecular complexity index is 1330. The Hall–Kier alpha value is -3.32. The van der Waals surface area contributed by atoms with Crippen LogP contribution in [0.2, 0.25) is 0 Å². The molecule has 6 rings (SSSR count). The van der Waals surface area contributed by atoms with Crippen molar-refractivity contribution < 1.29 is 0 Å². The monoisotopic (exact) mass is 373 g/mol. The number of hydrogen-bond donors (Lipinski definition) is 0. The molecule has 1 heterocycles. The van der Waals surface area contributed by atoms with Gasteiger partial charge in [-0.3, -0.25) is 0 Å². The van der Waals surface area contributed by atoms with Crippen LogP contribution in [0.5, 0.6) is 0 Å². The molecule has 29 heavy (non-hydrogen) atoms. The number of hydrogen-bond acceptors (Lipinski definition) is 0. The average Bonchev–Trinajstić information content (AvgIpc) is 3.30. The SMILES string of the molecule is CCc1c(Cn2c3ccccc3c3ccccc32)ccc2c1-c1ccccc1C2. The summed E-state index contributed by atoms with van der Waals surface area (Å²) in [5.41, 5.74) is 11.4. The summed E-state index contributed by atoms with van der Waals surface area (Å²) >= 11 is 0. The second-order valence-corrected chi connectivity index (χ2v) is 8.05. The topological polar surface area (TPSA) is 4.93 Å². The van der Waals surface area contributed by atoms with Gasteiger partial charge in [-0.25, -0.2) is 0 Å². The van der Waals surface area contributed by atoms with E-state index < -0.39 is 0 Å². The molecule has 0 amide bonds. The third kappa shape index (κ3) is 2.40. The van der Waals surface area contributed by atoms with E-state index in [0.717, 1.165) is 19.4 Å². The number of nitrogens with zero attached hydrogens (tertiary/aromatic N) is 1. The molecule has 0 aliphatic heterocycles. The minimum atomic E-state index is 0.909. The summed E-state index contributed by atoms with van der Waals surface area (Å²) in [5, 5.41) is 2.68. The quantitative estimate of drug-likeness (QED) is 0.315. The Kier molecular flexibility index (Phi) is 3.64. The molecule has 1 aromatic heterocycles. The molecular formula is C28H23N. The van der Waals surface area contributed by atoms with E-state index in [1.165, 1.54) is 55.2 Å². The van der Waals surface area contributed by atoms with E-state index in [0.29, 0.717) is 0 Å². The third-order valence-electron chi connectivity index (χ3n) is 6.53. The van der Waals surface area contributed by atoms with Crippen LogP contribution in [0.3, 0.4) is 0 Å². The Morgan fingerprint density at radius 3 is 2.07 bits per heavy atom. The van der Waals surface area contributed by atoms with Crippen molar-refractivity contribution in [3.8, 4) is 11.1 Å². The fourth-order valence-corrected chi connectivity index (χ4v) is 5.24. The fourth-order valence-electron chi connectivity index (χ4n) is 5.24. The van der Waals surface area contributed by atoms with E-state index in [-0.39, 0.29) is 0 Å². The van der Waals surface area contributed by atoms with Crippen molar-refractivity contribution in [1.29, 1.82) is 0 Å². The van der Waals surface area contributed by atoms with Gasteiger partial charge in [0.25, 0.3) is 0 Å². The maximum Gasteiger partial charge on any atom is 0.0494 e. The molecule has 0 saturated heterocycles. The largest absolute Gasteiger partial charge is 0.336 e. The molecule has 0 radical (unpaired) electrons. The van der Waals surface area contributed by atoms with E-state index in [4.69, 9.17) is 0 Å². The van der Waals surface area contributed by atoms with Gasteiger partial charge in [-0.2, -0.15) is 0 Å². The lowest BCUT2D eigenvalue weighted by molar-refractivity contribution is 0.852. The zero-order chi connectivity index (χ0) is 19.4. The Balaban J connectivity index is 1.57. The molecule has 0 N–H and O–H groups in total. The summed E-state index contributed by atoms with van der Waals surface area (Å²) in [6.45, 7) is 3.21. The standard InChI is InChI=1S/C28H23N/c1-2-22-21(16-15-20-17-19-9-3-4-10-23(19)28(20)22)18-29-26-13-7-5-11-24(26)25-12-6-8-14-27(25)29/h3-16H,2,17-18H2,1H3. The molecule has 4 aromatic carbocycles. The van der Waals surface area contributed by atoms with Crippen LogP contribution < -0.4 is 0 Å². The molecule has 140 valence electrons. The van der Waals surface area contributed by atoms with E-state index in [1.54, 1.807) is 0 Å². The summed E-state index contributed by atoms with van der Waals surface area (Å²) < 4.78 is 2.49. The van der Waals surface area contributed by atoms with Gasteiger partial charge in [0, 0.05) is 28.4 Å². The van der Waals surface area contributed by atoms with E-state index in [2.05, 4.69) is 96.4 Å². The highest BCUT2D eigenvalue weighted by Crippen LogP contribution is 2.41. The second-order valence-electron chi connectivity index (χ2n) is 8.05. The molecule has 1 aliphatic rings. The predicted molar refractivity (Wildman–Crippen MR) is 123 cm³/mol. The molecule has 0 atom stereocenters. The van der Waals surface area contributed by atoms with Gasteiger partial charge in [0.1, 0.15) is 0 Å². The minimum Gasteiger partial charge on any atom is -0.336 e. The summed E-state index contributed by atoms with van der Waals surface area (Å²) in [7, 11) is 0. The van der Waals surface area contributed by atoms with Crippen LogP contribution in [0.25, 0.3) is 32.9 Å². The lowest BCUT2D eigenvalue weighted by atomic mass is 9.93. The molecular weight excluding hydrogens is 350 g/mol. The van der Waals surface area contributed by atoms with Crippen molar-refractivity contribution in [2.24, 2.45) is 0 Å².